The molecule has 1 rings (SSSR count). The Labute approximate surface area is 100 Å². The third kappa shape index (κ3) is 3.85. The van der Waals surface area contributed by atoms with Crippen molar-refractivity contribution in [3.05, 3.63) is 29.6 Å². The van der Waals surface area contributed by atoms with Crippen LogP contribution in [0.5, 0.6) is 0 Å². The largest absolute Gasteiger partial charge is 0.396 e. The Kier molecular flexibility index (Phi) is 4.18. The first-order chi connectivity index (χ1) is 7.98. The first-order valence-corrected chi connectivity index (χ1v) is 5.24. The lowest BCUT2D eigenvalue weighted by Crippen LogP contribution is -2.36. The molecule has 0 atom stereocenters. The van der Waals surface area contributed by atoms with E-state index in [1.165, 1.54) is 12.3 Å². The molecule has 0 radical (unpaired) electrons. The summed E-state index contributed by atoms with van der Waals surface area (Å²) in [5.74, 6) is -0.309. The van der Waals surface area contributed by atoms with Gasteiger partial charge in [-0.1, -0.05) is 13.8 Å². The fourth-order valence-corrected chi connectivity index (χ4v) is 1.06. The van der Waals surface area contributed by atoms with Gasteiger partial charge in [0.25, 0.3) is 5.91 Å². The molecule has 0 spiro atoms. The van der Waals surface area contributed by atoms with Gasteiger partial charge < -0.3 is 10.4 Å². The minimum Gasteiger partial charge on any atom is -0.396 e. The zero-order valence-electron chi connectivity index (χ0n) is 9.90. The second kappa shape index (κ2) is 5.41. The number of pyridine rings is 1. The standard InChI is InChI=1S/C12H15N3O2/c1-12(2,8-16)7-15-11(17)10-4-3-9(5-13)6-14-10/h3-4,6,16H,7-8H2,1-2H3,(H,15,17). The molecule has 0 aliphatic carbocycles. The zero-order valence-corrected chi connectivity index (χ0v) is 9.90. The van der Waals surface area contributed by atoms with Crippen LogP contribution in [0, 0.1) is 16.7 Å². The van der Waals surface area contributed by atoms with Crippen molar-refractivity contribution in [1.29, 1.82) is 5.26 Å². The average molecular weight is 233 g/mol. The van der Waals surface area contributed by atoms with Gasteiger partial charge >= 0.3 is 0 Å². The van der Waals surface area contributed by atoms with Gasteiger partial charge in [0, 0.05) is 24.8 Å². The van der Waals surface area contributed by atoms with E-state index in [4.69, 9.17) is 10.4 Å². The number of nitrogens with zero attached hydrogens (tertiary/aromatic N) is 2. The van der Waals surface area contributed by atoms with Crippen molar-refractivity contribution < 1.29 is 9.90 Å². The van der Waals surface area contributed by atoms with E-state index in [0.29, 0.717) is 12.1 Å². The normalized spacial score (nSPS) is 10.7. The predicted molar refractivity (Wildman–Crippen MR) is 62.2 cm³/mol. The van der Waals surface area contributed by atoms with E-state index < -0.39 is 0 Å². The quantitative estimate of drug-likeness (QED) is 0.801. The SMILES string of the molecule is CC(C)(CO)CNC(=O)c1ccc(C#N)cn1. The van der Waals surface area contributed by atoms with Crippen LogP contribution >= 0.6 is 0 Å². The van der Waals surface area contributed by atoms with Crippen LogP contribution in [0.15, 0.2) is 18.3 Å². The van der Waals surface area contributed by atoms with Crippen LogP contribution < -0.4 is 5.32 Å². The zero-order chi connectivity index (χ0) is 12.9. The summed E-state index contributed by atoms with van der Waals surface area (Å²) < 4.78 is 0. The highest BCUT2D eigenvalue weighted by Gasteiger charge is 2.18. The predicted octanol–water partition coefficient (Wildman–Crippen LogP) is 0.702. The number of nitriles is 1. The average Bonchev–Trinajstić information content (AvgIpc) is 2.36. The molecule has 0 saturated carbocycles. The van der Waals surface area contributed by atoms with Crippen molar-refractivity contribution in [3.8, 4) is 6.07 Å². The van der Waals surface area contributed by atoms with Crippen LogP contribution in [0.3, 0.4) is 0 Å². The van der Waals surface area contributed by atoms with E-state index in [0.717, 1.165) is 0 Å². The monoisotopic (exact) mass is 233 g/mol. The summed E-state index contributed by atoms with van der Waals surface area (Å²) in [6.45, 7) is 4.05. The molecular weight excluding hydrogens is 218 g/mol. The number of rotatable bonds is 4. The van der Waals surface area contributed by atoms with Gasteiger partial charge in [0.15, 0.2) is 0 Å². The van der Waals surface area contributed by atoms with Crippen LogP contribution in [-0.2, 0) is 0 Å². The van der Waals surface area contributed by atoms with Crippen molar-refractivity contribution in [2.45, 2.75) is 13.8 Å². The van der Waals surface area contributed by atoms with Crippen molar-refractivity contribution in [1.82, 2.24) is 10.3 Å². The molecule has 0 aromatic carbocycles. The van der Waals surface area contributed by atoms with Gasteiger partial charge in [-0.25, -0.2) is 4.98 Å². The first kappa shape index (κ1) is 13.1. The van der Waals surface area contributed by atoms with Gasteiger partial charge in [0.05, 0.1) is 5.56 Å². The first-order valence-electron chi connectivity index (χ1n) is 5.24. The second-order valence-corrected chi connectivity index (χ2v) is 4.55. The topological polar surface area (TPSA) is 86.0 Å². The van der Waals surface area contributed by atoms with Crippen LogP contribution in [0.25, 0.3) is 0 Å². The molecular formula is C12H15N3O2. The Morgan fingerprint density at radius 2 is 2.29 bits per heavy atom. The maximum atomic E-state index is 11.7. The molecule has 2 N–H and O–H groups in total. The van der Waals surface area contributed by atoms with Gasteiger partial charge in [-0.15, -0.1) is 0 Å². The Morgan fingerprint density at radius 3 is 2.76 bits per heavy atom. The number of aliphatic hydroxyl groups is 1. The highest BCUT2D eigenvalue weighted by atomic mass is 16.3. The highest BCUT2D eigenvalue weighted by Crippen LogP contribution is 2.11. The molecule has 5 nitrogen and oxygen atoms in total. The van der Waals surface area contributed by atoms with Gasteiger partial charge in [-0.2, -0.15) is 5.26 Å². The number of aromatic nitrogens is 1. The van der Waals surface area contributed by atoms with E-state index in [1.54, 1.807) is 6.07 Å². The van der Waals surface area contributed by atoms with Crippen molar-refractivity contribution >= 4 is 5.91 Å². The summed E-state index contributed by atoms with van der Waals surface area (Å²) in [4.78, 5) is 15.5. The van der Waals surface area contributed by atoms with Gasteiger partial charge in [0.1, 0.15) is 11.8 Å². The lowest BCUT2D eigenvalue weighted by Gasteiger charge is -2.21. The lowest BCUT2D eigenvalue weighted by molar-refractivity contribution is 0.0906. The molecule has 1 aromatic heterocycles. The molecule has 1 heterocycles. The molecule has 1 amide bonds. The Hall–Kier alpha value is -1.93. The van der Waals surface area contributed by atoms with Crippen molar-refractivity contribution in [3.63, 3.8) is 0 Å². The summed E-state index contributed by atoms with van der Waals surface area (Å²) in [6.07, 6.45) is 1.35. The van der Waals surface area contributed by atoms with E-state index in [9.17, 15) is 4.79 Å². The van der Waals surface area contributed by atoms with Gasteiger partial charge in [0.2, 0.25) is 0 Å². The van der Waals surface area contributed by atoms with E-state index in [-0.39, 0.29) is 23.6 Å². The summed E-state index contributed by atoms with van der Waals surface area (Å²) in [7, 11) is 0. The molecule has 17 heavy (non-hydrogen) atoms. The third-order valence-electron chi connectivity index (χ3n) is 2.28. The molecule has 0 bridgehead atoms. The van der Waals surface area contributed by atoms with Gasteiger partial charge in [-0.3, -0.25) is 4.79 Å². The van der Waals surface area contributed by atoms with E-state index >= 15 is 0 Å². The maximum Gasteiger partial charge on any atom is 0.269 e. The van der Waals surface area contributed by atoms with Crippen LogP contribution in [0.1, 0.15) is 29.9 Å². The second-order valence-electron chi connectivity index (χ2n) is 4.55. The number of carbonyl (C=O) groups is 1. The van der Waals surface area contributed by atoms with E-state index in [2.05, 4.69) is 10.3 Å². The summed E-state index contributed by atoms with van der Waals surface area (Å²) in [5.41, 5.74) is 0.317. The van der Waals surface area contributed by atoms with Crippen molar-refractivity contribution in [2.24, 2.45) is 5.41 Å². The number of hydrogen-bond donors (Lipinski definition) is 2. The Morgan fingerprint density at radius 1 is 1.59 bits per heavy atom. The number of nitrogens with one attached hydrogen (secondary N) is 1. The van der Waals surface area contributed by atoms with Crippen molar-refractivity contribution in [2.75, 3.05) is 13.2 Å². The molecule has 90 valence electrons. The van der Waals surface area contributed by atoms with Gasteiger partial charge in [-0.05, 0) is 12.1 Å². The van der Waals surface area contributed by atoms with Crippen LogP contribution in [0.4, 0.5) is 0 Å². The number of hydrogen-bond acceptors (Lipinski definition) is 4. The summed E-state index contributed by atoms with van der Waals surface area (Å²) in [6, 6.07) is 4.97. The fourth-order valence-electron chi connectivity index (χ4n) is 1.06. The third-order valence-corrected chi connectivity index (χ3v) is 2.28. The molecule has 5 heteroatoms. The highest BCUT2D eigenvalue weighted by molar-refractivity contribution is 5.92. The Bertz CT molecular complexity index is 432. The van der Waals surface area contributed by atoms with Crippen LogP contribution in [-0.4, -0.2) is 29.1 Å². The molecule has 0 unspecified atom stereocenters. The number of carbonyl (C=O) groups excluding carboxylic acids is 1. The molecule has 0 fully saturated rings. The molecule has 0 saturated heterocycles. The lowest BCUT2D eigenvalue weighted by atomic mass is 9.95. The fraction of sp³-hybridized carbons (Fsp3) is 0.417. The smallest absolute Gasteiger partial charge is 0.269 e. The molecule has 0 aliphatic rings. The summed E-state index contributed by atoms with van der Waals surface area (Å²) in [5, 5.41) is 20.3. The minimum atomic E-state index is -0.359. The van der Waals surface area contributed by atoms with E-state index in [1.807, 2.05) is 19.9 Å². The maximum absolute atomic E-state index is 11.7. The summed E-state index contributed by atoms with van der Waals surface area (Å²) >= 11 is 0. The number of aliphatic hydroxyl groups excluding tert-OH is 1. The molecule has 1 aromatic rings. The van der Waals surface area contributed by atoms with Crippen LogP contribution in [0.2, 0.25) is 0 Å². The molecule has 0 aliphatic heterocycles. The number of amides is 1. The Balaban J connectivity index is 2.62. The minimum absolute atomic E-state index is 0.00587.